The van der Waals surface area contributed by atoms with Crippen molar-refractivity contribution >= 4 is 22.9 Å². The average molecular weight is 265 g/mol. The molecule has 0 fully saturated rings. The standard InChI is InChI=1S/C15H17ClS/c1-10-4-6-13(8-11(10)2)9-14(16)15-7-5-12(3)17-15/h4-8,14H,9H2,1-3H3. The number of aryl methyl sites for hydroxylation is 3. The third kappa shape index (κ3) is 3.11. The summed E-state index contributed by atoms with van der Waals surface area (Å²) in [6.45, 7) is 6.41. The minimum atomic E-state index is 0.0933. The number of hydrogen-bond donors (Lipinski definition) is 0. The highest BCUT2D eigenvalue weighted by Gasteiger charge is 2.11. The van der Waals surface area contributed by atoms with E-state index in [1.54, 1.807) is 11.3 Å². The van der Waals surface area contributed by atoms with E-state index in [1.165, 1.54) is 26.4 Å². The molecule has 0 aliphatic heterocycles. The average Bonchev–Trinajstić information content (AvgIpc) is 2.70. The van der Waals surface area contributed by atoms with E-state index >= 15 is 0 Å². The minimum absolute atomic E-state index is 0.0933. The topological polar surface area (TPSA) is 0 Å². The Morgan fingerprint density at radius 1 is 1.06 bits per heavy atom. The Hall–Kier alpha value is -0.790. The lowest BCUT2D eigenvalue weighted by molar-refractivity contribution is 0.936. The van der Waals surface area contributed by atoms with Crippen LogP contribution in [0.25, 0.3) is 0 Å². The monoisotopic (exact) mass is 264 g/mol. The Balaban J connectivity index is 2.12. The number of thiophene rings is 1. The van der Waals surface area contributed by atoms with Crippen LogP contribution in [0.2, 0.25) is 0 Å². The second-order valence-electron chi connectivity index (χ2n) is 4.54. The summed E-state index contributed by atoms with van der Waals surface area (Å²) in [4.78, 5) is 2.59. The van der Waals surface area contributed by atoms with Gasteiger partial charge in [0.15, 0.2) is 0 Å². The lowest BCUT2D eigenvalue weighted by Crippen LogP contribution is -1.94. The van der Waals surface area contributed by atoms with Crippen LogP contribution >= 0.6 is 22.9 Å². The van der Waals surface area contributed by atoms with Gasteiger partial charge in [0.2, 0.25) is 0 Å². The van der Waals surface area contributed by atoms with Gasteiger partial charge in [0, 0.05) is 9.75 Å². The highest BCUT2D eigenvalue weighted by Crippen LogP contribution is 2.30. The first-order valence-corrected chi connectivity index (χ1v) is 7.08. The SMILES string of the molecule is Cc1ccc(C(Cl)Cc2ccc(C)c(C)c2)s1. The summed E-state index contributed by atoms with van der Waals surface area (Å²) >= 11 is 8.25. The van der Waals surface area contributed by atoms with Crippen LogP contribution in [0.1, 0.15) is 31.8 Å². The number of rotatable bonds is 3. The molecule has 2 aromatic rings. The fourth-order valence-electron chi connectivity index (χ4n) is 1.86. The third-order valence-electron chi connectivity index (χ3n) is 3.06. The lowest BCUT2D eigenvalue weighted by atomic mass is 10.0. The molecule has 0 radical (unpaired) electrons. The molecule has 0 N–H and O–H groups in total. The van der Waals surface area contributed by atoms with E-state index in [0.29, 0.717) is 0 Å². The molecule has 90 valence electrons. The lowest BCUT2D eigenvalue weighted by Gasteiger charge is -2.09. The summed E-state index contributed by atoms with van der Waals surface area (Å²) in [5, 5.41) is 0.0933. The molecule has 0 bridgehead atoms. The molecular formula is C15H17ClS. The Morgan fingerprint density at radius 3 is 2.41 bits per heavy atom. The quantitative estimate of drug-likeness (QED) is 0.669. The van der Waals surface area contributed by atoms with Crippen molar-refractivity contribution < 1.29 is 0 Å². The van der Waals surface area contributed by atoms with Gasteiger partial charge < -0.3 is 0 Å². The van der Waals surface area contributed by atoms with Gasteiger partial charge in [-0.2, -0.15) is 0 Å². The highest BCUT2D eigenvalue weighted by atomic mass is 35.5. The normalized spacial score (nSPS) is 12.7. The predicted molar refractivity (Wildman–Crippen MR) is 77.3 cm³/mol. The molecular weight excluding hydrogens is 248 g/mol. The van der Waals surface area contributed by atoms with Crippen LogP contribution in [0.15, 0.2) is 30.3 Å². The molecule has 0 saturated carbocycles. The number of alkyl halides is 1. The van der Waals surface area contributed by atoms with Crippen LogP contribution in [0, 0.1) is 20.8 Å². The van der Waals surface area contributed by atoms with E-state index in [9.17, 15) is 0 Å². The van der Waals surface area contributed by atoms with E-state index in [2.05, 4.69) is 51.1 Å². The van der Waals surface area contributed by atoms with Crippen molar-refractivity contribution in [3.8, 4) is 0 Å². The Morgan fingerprint density at radius 2 is 1.82 bits per heavy atom. The van der Waals surface area contributed by atoms with Gasteiger partial charge in [0.25, 0.3) is 0 Å². The third-order valence-corrected chi connectivity index (χ3v) is 4.69. The van der Waals surface area contributed by atoms with Crippen LogP contribution in [0.3, 0.4) is 0 Å². The van der Waals surface area contributed by atoms with Crippen LogP contribution in [-0.2, 0) is 6.42 Å². The second-order valence-corrected chi connectivity index (χ2v) is 6.38. The van der Waals surface area contributed by atoms with E-state index < -0.39 is 0 Å². The van der Waals surface area contributed by atoms with Crippen LogP contribution in [0.5, 0.6) is 0 Å². The molecule has 2 rings (SSSR count). The van der Waals surface area contributed by atoms with Crippen LogP contribution in [-0.4, -0.2) is 0 Å². The molecule has 2 heteroatoms. The van der Waals surface area contributed by atoms with Crippen molar-refractivity contribution in [3.63, 3.8) is 0 Å². The number of hydrogen-bond acceptors (Lipinski definition) is 1. The van der Waals surface area contributed by atoms with E-state index in [0.717, 1.165) is 6.42 Å². The van der Waals surface area contributed by atoms with Gasteiger partial charge in [-0.25, -0.2) is 0 Å². The smallest absolute Gasteiger partial charge is 0.0718 e. The summed E-state index contributed by atoms with van der Waals surface area (Å²) in [7, 11) is 0. The largest absolute Gasteiger partial charge is 0.144 e. The second kappa shape index (κ2) is 5.24. The number of halogens is 1. The summed E-state index contributed by atoms with van der Waals surface area (Å²) in [6.07, 6.45) is 0.905. The van der Waals surface area contributed by atoms with Gasteiger partial charge in [-0.1, -0.05) is 18.2 Å². The maximum Gasteiger partial charge on any atom is 0.0718 e. The molecule has 0 aliphatic rings. The van der Waals surface area contributed by atoms with Crippen molar-refractivity contribution in [2.75, 3.05) is 0 Å². The fourth-order valence-corrected chi connectivity index (χ4v) is 3.10. The first-order valence-electron chi connectivity index (χ1n) is 5.83. The van der Waals surface area contributed by atoms with E-state index in [-0.39, 0.29) is 5.38 Å². The van der Waals surface area contributed by atoms with E-state index in [1.807, 2.05) is 0 Å². The zero-order chi connectivity index (χ0) is 12.4. The maximum absolute atomic E-state index is 6.46. The Bertz CT molecular complexity index is 513. The molecule has 0 saturated heterocycles. The van der Waals surface area contributed by atoms with Crippen molar-refractivity contribution in [2.45, 2.75) is 32.6 Å². The molecule has 17 heavy (non-hydrogen) atoms. The summed E-state index contributed by atoms with van der Waals surface area (Å²) < 4.78 is 0. The van der Waals surface area contributed by atoms with Crippen LogP contribution in [0.4, 0.5) is 0 Å². The van der Waals surface area contributed by atoms with Crippen molar-refractivity contribution in [2.24, 2.45) is 0 Å². The van der Waals surface area contributed by atoms with Gasteiger partial charge in [-0.05, 0) is 56.0 Å². The molecule has 1 aromatic heterocycles. The van der Waals surface area contributed by atoms with E-state index in [4.69, 9.17) is 11.6 Å². The summed E-state index contributed by atoms with van der Waals surface area (Å²) in [6, 6.07) is 10.9. The molecule has 0 amide bonds. The number of benzene rings is 1. The van der Waals surface area contributed by atoms with Gasteiger partial charge in [-0.15, -0.1) is 22.9 Å². The van der Waals surface area contributed by atoms with Gasteiger partial charge in [0.1, 0.15) is 0 Å². The van der Waals surface area contributed by atoms with Gasteiger partial charge >= 0.3 is 0 Å². The van der Waals surface area contributed by atoms with Crippen molar-refractivity contribution in [1.29, 1.82) is 0 Å². The molecule has 0 nitrogen and oxygen atoms in total. The summed E-state index contributed by atoms with van der Waals surface area (Å²) in [5.74, 6) is 0. The molecule has 1 unspecified atom stereocenters. The summed E-state index contributed by atoms with van der Waals surface area (Å²) in [5.41, 5.74) is 4.00. The zero-order valence-electron chi connectivity index (χ0n) is 10.5. The molecule has 0 spiro atoms. The van der Waals surface area contributed by atoms with Crippen molar-refractivity contribution in [1.82, 2.24) is 0 Å². The molecule has 1 aromatic carbocycles. The Kier molecular flexibility index (Phi) is 3.90. The fraction of sp³-hybridized carbons (Fsp3) is 0.333. The van der Waals surface area contributed by atoms with Crippen LogP contribution < -0.4 is 0 Å². The molecule has 1 heterocycles. The first kappa shape index (κ1) is 12.7. The predicted octanol–water partition coefficient (Wildman–Crippen LogP) is 5.20. The Labute approximate surface area is 112 Å². The first-order chi connectivity index (χ1) is 8.06. The highest BCUT2D eigenvalue weighted by molar-refractivity contribution is 7.12. The molecule has 0 aliphatic carbocycles. The minimum Gasteiger partial charge on any atom is -0.144 e. The van der Waals surface area contributed by atoms with Gasteiger partial charge in [0.05, 0.1) is 5.38 Å². The molecule has 1 atom stereocenters. The zero-order valence-corrected chi connectivity index (χ0v) is 12.0. The van der Waals surface area contributed by atoms with Crippen molar-refractivity contribution in [3.05, 3.63) is 56.8 Å². The van der Waals surface area contributed by atoms with Gasteiger partial charge in [-0.3, -0.25) is 0 Å². The maximum atomic E-state index is 6.46.